The van der Waals surface area contributed by atoms with Crippen molar-refractivity contribution in [3.05, 3.63) is 78.4 Å². The molecule has 0 aliphatic heterocycles. The maximum Gasteiger partial charge on any atom is 0.251 e. The lowest BCUT2D eigenvalue weighted by Crippen LogP contribution is -2.26. The van der Waals surface area contributed by atoms with Gasteiger partial charge in [0.25, 0.3) is 5.91 Å². The van der Waals surface area contributed by atoms with Gasteiger partial charge in [0.2, 0.25) is 5.82 Å². The zero-order valence-corrected chi connectivity index (χ0v) is 14.6. The topological polar surface area (TPSA) is 101 Å². The molecular formula is C19H17N7O. The lowest BCUT2D eigenvalue weighted by Gasteiger charge is -2.15. The predicted octanol–water partition coefficient (Wildman–Crippen LogP) is 2.54. The first-order valence-corrected chi connectivity index (χ1v) is 8.44. The van der Waals surface area contributed by atoms with Crippen molar-refractivity contribution in [2.75, 3.05) is 0 Å². The quantitative estimate of drug-likeness (QED) is 0.570. The molecule has 8 nitrogen and oxygen atoms in total. The van der Waals surface area contributed by atoms with Crippen LogP contribution in [0.3, 0.4) is 0 Å². The molecule has 0 unspecified atom stereocenters. The predicted molar refractivity (Wildman–Crippen MR) is 99.1 cm³/mol. The van der Waals surface area contributed by atoms with Crippen LogP contribution >= 0.6 is 0 Å². The van der Waals surface area contributed by atoms with E-state index in [0.717, 1.165) is 16.8 Å². The number of aromatic amines is 1. The highest BCUT2D eigenvalue weighted by Crippen LogP contribution is 2.18. The minimum Gasteiger partial charge on any atom is -0.346 e. The van der Waals surface area contributed by atoms with Crippen molar-refractivity contribution in [2.45, 2.75) is 13.0 Å². The van der Waals surface area contributed by atoms with Crippen molar-refractivity contribution in [3.63, 3.8) is 0 Å². The van der Waals surface area contributed by atoms with Crippen LogP contribution < -0.4 is 5.32 Å². The van der Waals surface area contributed by atoms with E-state index in [9.17, 15) is 4.79 Å². The molecule has 0 bridgehead atoms. The smallest absolute Gasteiger partial charge is 0.251 e. The number of tetrazole rings is 1. The van der Waals surface area contributed by atoms with Crippen molar-refractivity contribution in [3.8, 4) is 17.1 Å². The Labute approximate surface area is 155 Å². The second-order valence-corrected chi connectivity index (χ2v) is 6.07. The Bertz CT molecular complexity index is 1010. The summed E-state index contributed by atoms with van der Waals surface area (Å²) in [6.45, 7) is 1.96. The molecule has 1 amide bonds. The van der Waals surface area contributed by atoms with Gasteiger partial charge in [0.15, 0.2) is 0 Å². The average Bonchev–Trinajstić information content (AvgIpc) is 3.42. The number of nitrogens with one attached hydrogen (secondary N) is 2. The molecule has 2 heterocycles. The van der Waals surface area contributed by atoms with E-state index >= 15 is 0 Å². The number of aromatic nitrogens is 6. The van der Waals surface area contributed by atoms with Crippen molar-refractivity contribution < 1.29 is 4.79 Å². The van der Waals surface area contributed by atoms with Crippen LogP contribution in [0.4, 0.5) is 0 Å². The zero-order valence-electron chi connectivity index (χ0n) is 14.6. The molecule has 4 rings (SSSR count). The third kappa shape index (κ3) is 3.59. The van der Waals surface area contributed by atoms with E-state index in [4.69, 9.17) is 0 Å². The Hall–Kier alpha value is -3.81. The van der Waals surface area contributed by atoms with Crippen LogP contribution in [0.1, 0.15) is 28.9 Å². The van der Waals surface area contributed by atoms with Gasteiger partial charge in [0.1, 0.15) is 0 Å². The highest BCUT2D eigenvalue weighted by Gasteiger charge is 2.12. The minimum absolute atomic E-state index is 0.119. The minimum atomic E-state index is -0.138. The van der Waals surface area contributed by atoms with Crippen LogP contribution in [0.15, 0.2) is 67.3 Å². The molecule has 0 aliphatic carbocycles. The molecule has 2 N–H and O–H groups in total. The molecule has 2 aromatic carbocycles. The van der Waals surface area contributed by atoms with Crippen LogP contribution in [0.5, 0.6) is 0 Å². The number of benzene rings is 2. The maximum atomic E-state index is 12.5. The van der Waals surface area contributed by atoms with E-state index in [1.807, 2.05) is 42.0 Å². The Kier molecular flexibility index (Phi) is 4.44. The van der Waals surface area contributed by atoms with Crippen molar-refractivity contribution in [1.82, 2.24) is 35.5 Å². The Balaban J connectivity index is 1.43. The number of rotatable bonds is 5. The highest BCUT2D eigenvalue weighted by atomic mass is 16.1. The van der Waals surface area contributed by atoms with E-state index in [1.54, 1.807) is 36.8 Å². The van der Waals surface area contributed by atoms with E-state index in [-0.39, 0.29) is 11.9 Å². The third-order valence-electron chi connectivity index (χ3n) is 4.29. The molecule has 134 valence electrons. The average molecular weight is 359 g/mol. The largest absolute Gasteiger partial charge is 0.346 e. The number of nitrogens with zero attached hydrogens (tertiary/aromatic N) is 5. The number of carbonyl (C=O) groups is 1. The summed E-state index contributed by atoms with van der Waals surface area (Å²) >= 11 is 0. The fourth-order valence-electron chi connectivity index (χ4n) is 2.77. The maximum absolute atomic E-state index is 12.5. The second-order valence-electron chi connectivity index (χ2n) is 6.07. The summed E-state index contributed by atoms with van der Waals surface area (Å²) < 4.78 is 1.93. The van der Waals surface area contributed by atoms with Gasteiger partial charge < -0.3 is 9.88 Å². The number of hydrogen-bond acceptors (Lipinski definition) is 5. The highest BCUT2D eigenvalue weighted by molar-refractivity contribution is 5.94. The zero-order chi connectivity index (χ0) is 18.6. The first kappa shape index (κ1) is 16.6. The summed E-state index contributed by atoms with van der Waals surface area (Å²) in [7, 11) is 0. The first-order chi connectivity index (χ1) is 13.2. The number of hydrogen-bond donors (Lipinski definition) is 2. The van der Waals surface area contributed by atoms with Gasteiger partial charge in [-0.05, 0) is 42.0 Å². The first-order valence-electron chi connectivity index (χ1n) is 8.44. The summed E-state index contributed by atoms with van der Waals surface area (Å²) in [6, 6.07) is 15.0. The Morgan fingerprint density at radius 2 is 1.89 bits per heavy atom. The molecule has 0 radical (unpaired) electrons. The van der Waals surface area contributed by atoms with Crippen LogP contribution in [0, 0.1) is 0 Å². The summed E-state index contributed by atoms with van der Waals surface area (Å²) in [5, 5.41) is 16.8. The van der Waals surface area contributed by atoms with Crippen molar-refractivity contribution >= 4 is 5.91 Å². The van der Waals surface area contributed by atoms with Crippen LogP contribution in [0.2, 0.25) is 0 Å². The van der Waals surface area contributed by atoms with Gasteiger partial charge in [-0.25, -0.2) is 4.98 Å². The molecule has 8 heteroatoms. The van der Waals surface area contributed by atoms with E-state index in [2.05, 4.69) is 30.9 Å². The SMILES string of the molecule is C[C@@H](NC(=O)c1ccc(-c2nn[nH]n2)cc1)c1ccc(-n2ccnc2)cc1. The lowest BCUT2D eigenvalue weighted by molar-refractivity contribution is 0.0940. The number of H-pyrrole nitrogens is 1. The monoisotopic (exact) mass is 359 g/mol. The number of amides is 1. The molecule has 0 saturated carbocycles. The molecule has 0 spiro atoms. The summed E-state index contributed by atoms with van der Waals surface area (Å²) in [5.74, 6) is 0.356. The molecule has 27 heavy (non-hydrogen) atoms. The molecule has 1 atom stereocenters. The van der Waals surface area contributed by atoms with Crippen molar-refractivity contribution in [2.24, 2.45) is 0 Å². The Morgan fingerprint density at radius 1 is 1.11 bits per heavy atom. The fraction of sp³-hybridized carbons (Fsp3) is 0.105. The normalized spacial score (nSPS) is 11.9. The second kappa shape index (κ2) is 7.20. The van der Waals surface area contributed by atoms with Gasteiger partial charge >= 0.3 is 0 Å². The molecule has 0 aliphatic rings. The van der Waals surface area contributed by atoms with Crippen molar-refractivity contribution in [1.29, 1.82) is 0 Å². The van der Waals surface area contributed by atoms with Gasteiger partial charge in [-0.1, -0.05) is 24.3 Å². The Morgan fingerprint density at radius 3 is 2.52 bits per heavy atom. The summed E-state index contributed by atoms with van der Waals surface area (Å²) in [4.78, 5) is 16.6. The third-order valence-corrected chi connectivity index (χ3v) is 4.29. The molecule has 0 fully saturated rings. The molecule has 0 saturated heterocycles. The van der Waals surface area contributed by atoms with Gasteiger partial charge in [-0.15, -0.1) is 10.2 Å². The summed E-state index contributed by atoms with van der Waals surface area (Å²) in [5.41, 5.74) is 3.41. The fourth-order valence-corrected chi connectivity index (χ4v) is 2.77. The molecular weight excluding hydrogens is 342 g/mol. The standard InChI is InChI=1S/C19H17N7O/c1-13(14-6-8-17(9-7-14)26-11-10-20-12-26)21-19(27)16-4-2-15(3-5-16)18-22-24-25-23-18/h2-13H,1H3,(H,21,27)(H,22,23,24,25)/t13-/m1/s1. The van der Waals surface area contributed by atoms with Crippen LogP contribution in [-0.4, -0.2) is 36.1 Å². The van der Waals surface area contributed by atoms with Gasteiger partial charge in [-0.3, -0.25) is 4.79 Å². The van der Waals surface area contributed by atoms with E-state index in [0.29, 0.717) is 11.4 Å². The van der Waals surface area contributed by atoms with Gasteiger partial charge in [0, 0.05) is 29.2 Å². The van der Waals surface area contributed by atoms with Gasteiger partial charge in [-0.2, -0.15) is 5.21 Å². The van der Waals surface area contributed by atoms with Gasteiger partial charge in [0.05, 0.1) is 12.4 Å². The van der Waals surface area contributed by atoms with Crippen LogP contribution in [-0.2, 0) is 0 Å². The summed E-state index contributed by atoms with van der Waals surface area (Å²) in [6.07, 6.45) is 5.37. The number of carbonyl (C=O) groups excluding carboxylic acids is 1. The number of imidazole rings is 1. The van der Waals surface area contributed by atoms with Crippen LogP contribution in [0.25, 0.3) is 17.1 Å². The van der Waals surface area contributed by atoms with E-state index in [1.165, 1.54) is 0 Å². The van der Waals surface area contributed by atoms with E-state index < -0.39 is 0 Å². The molecule has 4 aromatic rings. The lowest BCUT2D eigenvalue weighted by atomic mass is 10.1. The molecule has 2 aromatic heterocycles.